The van der Waals surface area contributed by atoms with Crippen molar-refractivity contribution in [3.63, 3.8) is 0 Å². The van der Waals surface area contributed by atoms with E-state index in [1.807, 2.05) is 60.7 Å². The van der Waals surface area contributed by atoms with Crippen LogP contribution in [0.25, 0.3) is 93.2 Å². The SMILES string of the molecule is FC(F)(F)c1ccc(-c2cc(-c3ccc(C(F)(F)F)cc3)cc(-c3cc4c5ccccc5c5c6ccccc6n(-c6ccccc6)c5c4c4ccccc34)c2)cc1. The van der Waals surface area contributed by atoms with Gasteiger partial charge in [-0.3, -0.25) is 0 Å². The number of fused-ring (bicyclic) bond motifs is 10. The number of hydrogen-bond acceptors (Lipinski definition) is 0. The predicted molar refractivity (Wildman–Crippen MR) is 220 cm³/mol. The van der Waals surface area contributed by atoms with Gasteiger partial charge in [0, 0.05) is 21.8 Å². The van der Waals surface area contributed by atoms with Crippen molar-refractivity contribution in [3.05, 3.63) is 187 Å². The number of aromatic nitrogens is 1. The maximum absolute atomic E-state index is 13.6. The molecule has 7 heteroatoms. The van der Waals surface area contributed by atoms with E-state index in [0.29, 0.717) is 22.3 Å². The molecule has 0 saturated carbocycles. The zero-order valence-electron chi connectivity index (χ0n) is 30.0. The van der Waals surface area contributed by atoms with Gasteiger partial charge in [-0.2, -0.15) is 26.3 Å². The largest absolute Gasteiger partial charge is 0.416 e. The Labute approximate surface area is 322 Å². The Kier molecular flexibility index (Phi) is 7.80. The fraction of sp³-hybridized carbons (Fsp3) is 0.0400. The van der Waals surface area contributed by atoms with E-state index < -0.39 is 23.5 Å². The van der Waals surface area contributed by atoms with Crippen LogP contribution in [-0.4, -0.2) is 4.57 Å². The number of para-hydroxylation sites is 2. The molecule has 1 aromatic heterocycles. The molecule has 0 aliphatic rings. The summed E-state index contributed by atoms with van der Waals surface area (Å²) in [6.45, 7) is 0. The van der Waals surface area contributed by atoms with Crippen molar-refractivity contribution < 1.29 is 26.3 Å². The highest BCUT2D eigenvalue weighted by Gasteiger charge is 2.31. The van der Waals surface area contributed by atoms with E-state index in [0.717, 1.165) is 95.2 Å². The molecule has 0 aliphatic carbocycles. The molecule has 1 heterocycles. The predicted octanol–water partition coefficient (Wildman–Crippen LogP) is 15.3. The molecular formula is C50H29F6N. The van der Waals surface area contributed by atoms with Crippen LogP contribution in [0.3, 0.4) is 0 Å². The minimum absolute atomic E-state index is 0.544. The summed E-state index contributed by atoms with van der Waals surface area (Å²) in [6, 6.07) is 53.1. The van der Waals surface area contributed by atoms with Crippen molar-refractivity contribution in [2.45, 2.75) is 12.4 Å². The molecule has 1 nitrogen and oxygen atoms in total. The minimum Gasteiger partial charge on any atom is -0.309 e. The van der Waals surface area contributed by atoms with Crippen molar-refractivity contribution in [2.75, 3.05) is 0 Å². The molecule has 0 atom stereocenters. The molecule has 0 unspecified atom stereocenters. The smallest absolute Gasteiger partial charge is 0.309 e. The third kappa shape index (κ3) is 5.72. The van der Waals surface area contributed by atoms with Gasteiger partial charge in [0.1, 0.15) is 0 Å². The summed E-state index contributed by atoms with van der Waals surface area (Å²) in [5, 5.41) is 8.48. The zero-order valence-corrected chi connectivity index (χ0v) is 30.0. The lowest BCUT2D eigenvalue weighted by Crippen LogP contribution is -2.04. The Morgan fingerprint density at radius 3 is 1.33 bits per heavy atom. The second-order valence-corrected chi connectivity index (χ2v) is 14.3. The highest BCUT2D eigenvalue weighted by Crippen LogP contribution is 2.47. The molecular weight excluding hydrogens is 729 g/mol. The summed E-state index contributed by atoms with van der Waals surface area (Å²) in [7, 11) is 0. The van der Waals surface area contributed by atoms with Crippen LogP contribution >= 0.6 is 0 Å². The number of nitrogens with zero attached hydrogens (tertiary/aromatic N) is 1. The van der Waals surface area contributed by atoms with E-state index >= 15 is 0 Å². The van der Waals surface area contributed by atoms with Crippen molar-refractivity contribution in [2.24, 2.45) is 0 Å². The van der Waals surface area contributed by atoms with Gasteiger partial charge in [-0.05, 0) is 127 Å². The lowest BCUT2D eigenvalue weighted by Gasteiger charge is -2.18. The molecule has 0 aliphatic heterocycles. The molecule has 9 aromatic carbocycles. The average Bonchev–Trinajstić information content (AvgIpc) is 3.58. The van der Waals surface area contributed by atoms with E-state index in [1.54, 1.807) is 0 Å². The van der Waals surface area contributed by atoms with Crippen LogP contribution in [-0.2, 0) is 12.4 Å². The number of alkyl halides is 6. The summed E-state index contributed by atoms with van der Waals surface area (Å²) < 4.78 is 83.9. The van der Waals surface area contributed by atoms with Gasteiger partial charge in [0.25, 0.3) is 0 Å². The Balaban J connectivity index is 1.31. The Bertz CT molecular complexity index is 3100. The van der Waals surface area contributed by atoms with Gasteiger partial charge in [0.2, 0.25) is 0 Å². The quantitative estimate of drug-likeness (QED) is 0.124. The highest BCUT2D eigenvalue weighted by molar-refractivity contribution is 6.37. The molecule has 0 N–H and O–H groups in total. The molecule has 0 fully saturated rings. The first-order valence-corrected chi connectivity index (χ1v) is 18.4. The lowest BCUT2D eigenvalue weighted by atomic mass is 9.87. The fourth-order valence-electron chi connectivity index (χ4n) is 8.43. The van der Waals surface area contributed by atoms with Gasteiger partial charge in [-0.25, -0.2) is 0 Å². The van der Waals surface area contributed by atoms with Gasteiger partial charge in [-0.1, -0.05) is 109 Å². The molecule has 0 radical (unpaired) electrons. The maximum Gasteiger partial charge on any atom is 0.416 e. The molecule has 57 heavy (non-hydrogen) atoms. The molecule has 0 saturated heterocycles. The van der Waals surface area contributed by atoms with Crippen LogP contribution in [0.15, 0.2) is 176 Å². The normalized spacial score (nSPS) is 12.4. The minimum atomic E-state index is -4.50. The fourth-order valence-corrected chi connectivity index (χ4v) is 8.43. The summed E-state index contributed by atoms with van der Waals surface area (Å²) in [5.41, 5.74) is 5.64. The lowest BCUT2D eigenvalue weighted by molar-refractivity contribution is -0.138. The van der Waals surface area contributed by atoms with Crippen LogP contribution in [0.1, 0.15) is 11.1 Å². The standard InChI is InChI=1S/C50H29F6N/c51-49(52,53)35-22-18-30(19-23-35)32-26-33(31-20-24-36(25-21-31)50(54,55)56)28-34(27-32)43-29-44-39-13-5-7-15-41(39)46-42-16-8-9-17-45(42)57(37-10-2-1-3-11-37)48(46)47(44)40-14-6-4-12-38(40)43/h1-29H. The van der Waals surface area contributed by atoms with Gasteiger partial charge < -0.3 is 4.57 Å². The van der Waals surface area contributed by atoms with Gasteiger partial charge in [0.15, 0.2) is 0 Å². The number of halogens is 6. The third-order valence-electron chi connectivity index (χ3n) is 11.0. The summed E-state index contributed by atoms with van der Waals surface area (Å²) in [6.07, 6.45) is -9.01. The highest BCUT2D eigenvalue weighted by atomic mass is 19.4. The molecule has 0 spiro atoms. The monoisotopic (exact) mass is 757 g/mol. The summed E-state index contributed by atoms with van der Waals surface area (Å²) in [5.74, 6) is 0. The molecule has 0 amide bonds. The van der Waals surface area contributed by atoms with Crippen molar-refractivity contribution in [1.29, 1.82) is 0 Å². The van der Waals surface area contributed by atoms with Crippen molar-refractivity contribution in [3.8, 4) is 39.1 Å². The van der Waals surface area contributed by atoms with Crippen LogP contribution in [0.5, 0.6) is 0 Å². The van der Waals surface area contributed by atoms with E-state index in [1.165, 1.54) is 24.3 Å². The second kappa shape index (κ2) is 12.8. The first kappa shape index (κ1) is 34.6. The van der Waals surface area contributed by atoms with Gasteiger partial charge >= 0.3 is 12.4 Å². The van der Waals surface area contributed by atoms with Crippen LogP contribution in [0, 0.1) is 0 Å². The molecule has 10 aromatic rings. The Morgan fingerprint density at radius 1 is 0.333 bits per heavy atom. The van der Waals surface area contributed by atoms with Crippen LogP contribution in [0.4, 0.5) is 26.3 Å². The van der Waals surface area contributed by atoms with E-state index in [-0.39, 0.29) is 0 Å². The Morgan fingerprint density at radius 2 is 0.772 bits per heavy atom. The number of benzene rings is 9. The average molecular weight is 758 g/mol. The zero-order chi connectivity index (χ0) is 39.1. The van der Waals surface area contributed by atoms with Crippen molar-refractivity contribution >= 4 is 54.1 Å². The van der Waals surface area contributed by atoms with Crippen molar-refractivity contribution in [1.82, 2.24) is 4.57 Å². The van der Waals surface area contributed by atoms with Crippen LogP contribution in [0.2, 0.25) is 0 Å². The van der Waals surface area contributed by atoms with Gasteiger partial charge in [-0.15, -0.1) is 0 Å². The van der Waals surface area contributed by atoms with E-state index in [4.69, 9.17) is 0 Å². The number of rotatable bonds is 4. The molecule has 10 rings (SSSR count). The summed E-state index contributed by atoms with van der Waals surface area (Å²) >= 11 is 0. The third-order valence-corrected chi connectivity index (χ3v) is 11.0. The molecule has 276 valence electrons. The summed E-state index contributed by atoms with van der Waals surface area (Å²) in [4.78, 5) is 0. The first-order valence-electron chi connectivity index (χ1n) is 18.4. The second-order valence-electron chi connectivity index (χ2n) is 14.3. The topological polar surface area (TPSA) is 4.93 Å². The first-order chi connectivity index (χ1) is 27.5. The van der Waals surface area contributed by atoms with Gasteiger partial charge in [0.05, 0.1) is 22.2 Å². The maximum atomic E-state index is 13.6. The molecule has 0 bridgehead atoms. The van der Waals surface area contributed by atoms with E-state index in [2.05, 4.69) is 71.3 Å². The van der Waals surface area contributed by atoms with Crippen LogP contribution < -0.4 is 0 Å². The van der Waals surface area contributed by atoms with E-state index in [9.17, 15) is 26.3 Å². The number of hydrogen-bond donors (Lipinski definition) is 0. The Hall–Kier alpha value is -6.86.